The van der Waals surface area contributed by atoms with Crippen LogP contribution in [0.4, 0.5) is 0 Å². The van der Waals surface area contributed by atoms with E-state index in [9.17, 15) is 4.79 Å². The van der Waals surface area contributed by atoms with Crippen LogP contribution in [-0.2, 0) is 17.8 Å². The topological polar surface area (TPSA) is 56.8 Å². The third kappa shape index (κ3) is 5.51. The van der Waals surface area contributed by atoms with Crippen LogP contribution in [-0.4, -0.2) is 20.1 Å². The Morgan fingerprint density at radius 2 is 1.48 bits per heavy atom. The zero-order chi connectivity index (χ0) is 20.5. The smallest absolute Gasteiger partial charge is 0.220 e. The fourth-order valence-electron chi connectivity index (χ4n) is 3.05. The van der Waals surface area contributed by atoms with E-state index in [1.54, 1.807) is 14.2 Å². The average molecular weight is 391 g/mol. The van der Waals surface area contributed by atoms with Crippen LogP contribution in [0.15, 0.2) is 72.8 Å². The van der Waals surface area contributed by atoms with Crippen LogP contribution in [0, 0.1) is 0 Å². The van der Waals surface area contributed by atoms with Crippen LogP contribution >= 0.6 is 0 Å². The average Bonchev–Trinajstić information content (AvgIpc) is 2.77. The molecule has 3 rings (SSSR count). The van der Waals surface area contributed by atoms with Gasteiger partial charge >= 0.3 is 0 Å². The second-order valence-electron chi connectivity index (χ2n) is 6.45. The summed E-state index contributed by atoms with van der Waals surface area (Å²) in [6.45, 7) is 0.400. The van der Waals surface area contributed by atoms with Gasteiger partial charge in [-0.1, -0.05) is 48.5 Å². The molecular formula is C24H25NO4. The molecule has 0 saturated carbocycles. The SMILES string of the molecule is COc1cccc(CCC(=O)NCc2ccccc2Oc2ccccc2)c1OC. The molecular weight excluding hydrogens is 366 g/mol. The van der Waals surface area contributed by atoms with Gasteiger partial charge in [0, 0.05) is 18.5 Å². The van der Waals surface area contributed by atoms with E-state index >= 15 is 0 Å². The van der Waals surface area contributed by atoms with Crippen molar-refractivity contribution in [3.8, 4) is 23.0 Å². The van der Waals surface area contributed by atoms with Crippen molar-refractivity contribution >= 4 is 5.91 Å². The Morgan fingerprint density at radius 3 is 2.24 bits per heavy atom. The van der Waals surface area contributed by atoms with E-state index < -0.39 is 0 Å². The van der Waals surface area contributed by atoms with Crippen molar-refractivity contribution in [3.05, 3.63) is 83.9 Å². The summed E-state index contributed by atoms with van der Waals surface area (Å²) in [4.78, 5) is 12.4. The van der Waals surface area contributed by atoms with Crippen LogP contribution < -0.4 is 19.5 Å². The van der Waals surface area contributed by atoms with E-state index in [-0.39, 0.29) is 5.91 Å². The summed E-state index contributed by atoms with van der Waals surface area (Å²) in [5.41, 5.74) is 1.86. The van der Waals surface area contributed by atoms with Crippen LogP contribution in [0.5, 0.6) is 23.0 Å². The Balaban J connectivity index is 1.58. The van der Waals surface area contributed by atoms with Gasteiger partial charge in [0.1, 0.15) is 11.5 Å². The first-order valence-corrected chi connectivity index (χ1v) is 9.48. The number of nitrogens with one attached hydrogen (secondary N) is 1. The van der Waals surface area contributed by atoms with E-state index in [0.29, 0.717) is 30.9 Å². The number of aryl methyl sites for hydroxylation is 1. The summed E-state index contributed by atoms with van der Waals surface area (Å²) < 4.78 is 16.7. The summed E-state index contributed by atoms with van der Waals surface area (Å²) in [6.07, 6.45) is 0.916. The molecule has 0 bridgehead atoms. The van der Waals surface area contributed by atoms with Crippen molar-refractivity contribution in [1.29, 1.82) is 0 Å². The Labute approximate surface area is 171 Å². The van der Waals surface area contributed by atoms with Gasteiger partial charge in [-0.15, -0.1) is 0 Å². The third-order valence-corrected chi connectivity index (χ3v) is 4.53. The molecule has 0 atom stereocenters. The minimum Gasteiger partial charge on any atom is -0.493 e. The third-order valence-electron chi connectivity index (χ3n) is 4.53. The molecule has 3 aromatic rings. The van der Waals surface area contributed by atoms with Crippen LogP contribution in [0.2, 0.25) is 0 Å². The van der Waals surface area contributed by atoms with Gasteiger partial charge in [-0.3, -0.25) is 4.79 Å². The molecule has 150 valence electrons. The number of amides is 1. The zero-order valence-electron chi connectivity index (χ0n) is 16.7. The van der Waals surface area contributed by atoms with E-state index in [0.717, 1.165) is 22.6 Å². The van der Waals surface area contributed by atoms with Crippen molar-refractivity contribution in [3.63, 3.8) is 0 Å². The number of hydrogen-bond acceptors (Lipinski definition) is 4. The van der Waals surface area contributed by atoms with Crippen LogP contribution in [0.25, 0.3) is 0 Å². The summed E-state index contributed by atoms with van der Waals surface area (Å²) in [5, 5.41) is 2.97. The Morgan fingerprint density at radius 1 is 0.793 bits per heavy atom. The fraction of sp³-hybridized carbons (Fsp3) is 0.208. The first-order chi connectivity index (χ1) is 14.2. The molecule has 0 aliphatic rings. The van der Waals surface area contributed by atoms with Gasteiger partial charge in [-0.2, -0.15) is 0 Å². The number of rotatable bonds is 9. The van der Waals surface area contributed by atoms with Crippen molar-refractivity contribution in [2.75, 3.05) is 14.2 Å². The highest BCUT2D eigenvalue weighted by atomic mass is 16.5. The van der Waals surface area contributed by atoms with Crippen molar-refractivity contribution < 1.29 is 19.0 Å². The summed E-state index contributed by atoms with van der Waals surface area (Å²) in [7, 11) is 3.20. The fourth-order valence-corrected chi connectivity index (χ4v) is 3.05. The molecule has 0 aliphatic heterocycles. The number of para-hydroxylation sites is 3. The largest absolute Gasteiger partial charge is 0.493 e. The normalized spacial score (nSPS) is 10.3. The van der Waals surface area contributed by atoms with E-state index in [4.69, 9.17) is 14.2 Å². The number of methoxy groups -OCH3 is 2. The summed E-state index contributed by atoms with van der Waals surface area (Å²) >= 11 is 0. The van der Waals surface area contributed by atoms with Crippen molar-refractivity contribution in [1.82, 2.24) is 5.32 Å². The van der Waals surface area contributed by atoms with Crippen LogP contribution in [0.3, 0.4) is 0 Å². The van der Waals surface area contributed by atoms with Gasteiger partial charge in [0.25, 0.3) is 0 Å². The molecule has 3 aromatic carbocycles. The predicted molar refractivity (Wildman–Crippen MR) is 113 cm³/mol. The lowest BCUT2D eigenvalue weighted by atomic mass is 10.1. The number of ether oxygens (including phenoxy) is 3. The van der Waals surface area contributed by atoms with E-state index in [1.165, 1.54) is 0 Å². The van der Waals surface area contributed by atoms with E-state index in [1.807, 2.05) is 72.8 Å². The Kier molecular flexibility index (Phi) is 7.11. The predicted octanol–water partition coefficient (Wildman–Crippen LogP) is 4.75. The molecule has 0 fully saturated rings. The highest BCUT2D eigenvalue weighted by Crippen LogP contribution is 2.31. The first-order valence-electron chi connectivity index (χ1n) is 9.48. The van der Waals surface area contributed by atoms with Gasteiger partial charge in [-0.25, -0.2) is 0 Å². The maximum Gasteiger partial charge on any atom is 0.220 e. The molecule has 1 amide bonds. The second kappa shape index (κ2) is 10.2. The van der Waals surface area contributed by atoms with Gasteiger partial charge in [0.15, 0.2) is 11.5 Å². The monoisotopic (exact) mass is 391 g/mol. The highest BCUT2D eigenvalue weighted by molar-refractivity contribution is 5.76. The lowest BCUT2D eigenvalue weighted by Crippen LogP contribution is -2.23. The molecule has 0 heterocycles. The minimum absolute atomic E-state index is 0.0376. The Hall–Kier alpha value is -3.47. The zero-order valence-corrected chi connectivity index (χ0v) is 16.7. The second-order valence-corrected chi connectivity index (χ2v) is 6.45. The molecule has 5 heteroatoms. The quantitative estimate of drug-likeness (QED) is 0.572. The number of carbonyl (C=O) groups is 1. The van der Waals surface area contributed by atoms with Gasteiger partial charge in [0.2, 0.25) is 5.91 Å². The maximum atomic E-state index is 12.4. The number of hydrogen-bond donors (Lipinski definition) is 1. The lowest BCUT2D eigenvalue weighted by molar-refractivity contribution is -0.121. The molecule has 0 radical (unpaired) electrons. The lowest BCUT2D eigenvalue weighted by Gasteiger charge is -2.13. The van der Waals surface area contributed by atoms with Crippen molar-refractivity contribution in [2.45, 2.75) is 19.4 Å². The molecule has 1 N–H and O–H groups in total. The maximum absolute atomic E-state index is 12.4. The summed E-state index contributed by atoms with van der Waals surface area (Å²) in [5.74, 6) is 2.79. The van der Waals surface area contributed by atoms with Gasteiger partial charge in [-0.05, 0) is 36.2 Å². The molecule has 0 spiro atoms. The molecule has 0 aliphatic carbocycles. The van der Waals surface area contributed by atoms with Crippen LogP contribution in [0.1, 0.15) is 17.5 Å². The van der Waals surface area contributed by atoms with Gasteiger partial charge < -0.3 is 19.5 Å². The first kappa shape index (κ1) is 20.3. The molecule has 0 unspecified atom stereocenters. The molecule has 0 saturated heterocycles. The molecule has 5 nitrogen and oxygen atoms in total. The van der Waals surface area contributed by atoms with E-state index in [2.05, 4.69) is 5.32 Å². The Bertz CT molecular complexity index is 941. The minimum atomic E-state index is -0.0376. The molecule has 0 aromatic heterocycles. The highest BCUT2D eigenvalue weighted by Gasteiger charge is 2.12. The van der Waals surface area contributed by atoms with Crippen molar-refractivity contribution in [2.24, 2.45) is 0 Å². The summed E-state index contributed by atoms with van der Waals surface area (Å²) in [6, 6.07) is 23.0. The number of carbonyl (C=O) groups excluding carboxylic acids is 1. The van der Waals surface area contributed by atoms with Gasteiger partial charge in [0.05, 0.1) is 14.2 Å². The molecule has 29 heavy (non-hydrogen) atoms. The number of benzene rings is 3. The standard InChI is InChI=1S/C24H25NO4/c1-27-22-14-8-10-18(24(22)28-2)15-16-23(26)25-17-19-9-6-7-13-21(19)29-20-11-4-3-5-12-20/h3-14H,15-17H2,1-2H3,(H,25,26).